The number of esters is 1. The van der Waals surface area contributed by atoms with Crippen molar-refractivity contribution in [1.29, 1.82) is 0 Å². The summed E-state index contributed by atoms with van der Waals surface area (Å²) >= 11 is 5.24. The maximum absolute atomic E-state index is 13.3. The highest BCUT2D eigenvalue weighted by molar-refractivity contribution is 7.80. The fourth-order valence-electron chi connectivity index (χ4n) is 2.82. The van der Waals surface area contributed by atoms with Gasteiger partial charge in [0.25, 0.3) is 0 Å². The Bertz CT molecular complexity index is 1150. The monoisotopic (exact) mass is 471 g/mol. The number of methoxy groups -OCH3 is 1. The van der Waals surface area contributed by atoms with E-state index in [1.54, 1.807) is 50.2 Å². The largest absolute Gasteiger partial charge is 0.467 e. The van der Waals surface area contributed by atoms with E-state index >= 15 is 0 Å². The Morgan fingerprint density at radius 3 is 2.42 bits per heavy atom. The Kier molecular flexibility index (Phi) is 7.67. The molecule has 0 aliphatic heterocycles. The van der Waals surface area contributed by atoms with Crippen molar-refractivity contribution in [2.24, 2.45) is 5.92 Å². The molecule has 3 N–H and O–H groups in total. The lowest BCUT2D eigenvalue weighted by molar-refractivity contribution is -0.144. The van der Waals surface area contributed by atoms with Crippen LogP contribution in [0.3, 0.4) is 0 Å². The molecule has 33 heavy (non-hydrogen) atoms. The second kappa shape index (κ2) is 10.6. The second-order valence-corrected chi connectivity index (χ2v) is 7.72. The third-order valence-corrected chi connectivity index (χ3v) is 4.72. The Hall–Kier alpha value is -3.86. The van der Waals surface area contributed by atoms with Gasteiger partial charge in [0.1, 0.15) is 11.9 Å². The molecule has 0 fully saturated rings. The molecule has 0 saturated heterocycles. The van der Waals surface area contributed by atoms with Crippen LogP contribution in [0.4, 0.5) is 15.8 Å². The molecule has 1 amide bonds. The van der Waals surface area contributed by atoms with E-state index < -0.39 is 17.9 Å². The number of hydrogen-bond donors (Lipinski definition) is 3. The van der Waals surface area contributed by atoms with Crippen molar-refractivity contribution < 1.29 is 23.2 Å². The summed E-state index contributed by atoms with van der Waals surface area (Å²) < 4.78 is 23.0. The average Bonchev–Trinajstić information content (AvgIpc) is 3.27. The minimum atomic E-state index is -0.840. The third-order valence-electron chi connectivity index (χ3n) is 4.51. The van der Waals surface area contributed by atoms with E-state index in [4.69, 9.17) is 21.5 Å². The number of carbonyl (C=O) groups is 2. The molecule has 3 aromatic rings. The number of ether oxygens (including phenoxy) is 1. The predicted molar refractivity (Wildman–Crippen MR) is 124 cm³/mol. The summed E-state index contributed by atoms with van der Waals surface area (Å²) in [6.07, 6.45) is 0. The maximum Gasteiger partial charge on any atom is 0.328 e. The van der Waals surface area contributed by atoms with Crippen LogP contribution in [0.15, 0.2) is 53.1 Å². The molecule has 0 bridgehead atoms. The molecule has 0 unspecified atom stereocenters. The van der Waals surface area contributed by atoms with E-state index in [1.807, 2.05) is 0 Å². The molecule has 0 spiro atoms. The zero-order chi connectivity index (χ0) is 24.0. The lowest BCUT2D eigenvalue weighted by atomic mass is 10.0. The van der Waals surface area contributed by atoms with Gasteiger partial charge in [-0.1, -0.05) is 25.1 Å². The van der Waals surface area contributed by atoms with Gasteiger partial charge < -0.3 is 25.2 Å². The molecular weight excluding hydrogens is 449 g/mol. The van der Waals surface area contributed by atoms with E-state index in [1.165, 1.54) is 19.2 Å². The highest BCUT2D eigenvalue weighted by Crippen LogP contribution is 2.19. The Balaban J connectivity index is 1.62. The molecule has 0 aliphatic carbocycles. The van der Waals surface area contributed by atoms with Crippen molar-refractivity contribution in [2.45, 2.75) is 19.9 Å². The first-order chi connectivity index (χ1) is 15.8. The zero-order valence-electron chi connectivity index (χ0n) is 18.1. The van der Waals surface area contributed by atoms with Crippen LogP contribution >= 0.6 is 12.2 Å². The van der Waals surface area contributed by atoms with Crippen LogP contribution < -0.4 is 16.0 Å². The Morgan fingerprint density at radius 1 is 1.09 bits per heavy atom. The van der Waals surface area contributed by atoms with Crippen LogP contribution in [-0.4, -0.2) is 40.3 Å². The molecular formula is C22H22FN5O4S. The van der Waals surface area contributed by atoms with Gasteiger partial charge in [-0.15, -0.1) is 0 Å². The highest BCUT2D eigenvalue weighted by Gasteiger charge is 2.27. The van der Waals surface area contributed by atoms with Crippen LogP contribution in [0, 0.1) is 11.7 Å². The first kappa shape index (κ1) is 23.8. The lowest BCUT2D eigenvalue weighted by Gasteiger charge is -2.18. The van der Waals surface area contributed by atoms with Crippen LogP contribution in [-0.2, 0) is 9.53 Å². The average molecular weight is 472 g/mol. The summed E-state index contributed by atoms with van der Waals surface area (Å²) in [5.74, 6) is -1.87. The normalized spacial score (nSPS) is 11.5. The molecule has 0 radical (unpaired) electrons. The number of nitrogens with one attached hydrogen (secondary N) is 3. The first-order valence-corrected chi connectivity index (χ1v) is 10.3. The topological polar surface area (TPSA) is 118 Å². The number of rotatable bonds is 7. The minimum absolute atomic E-state index is 0.190. The Morgan fingerprint density at radius 2 is 1.79 bits per heavy atom. The van der Waals surface area contributed by atoms with Crippen molar-refractivity contribution in [3.63, 3.8) is 0 Å². The standard InChI is InChI=1S/C22H22FN5O4S/c1-12(2)17(21(30)31-3)26-19(29)20-27-18(28-32-20)13-7-9-15(10-8-13)24-22(33)25-16-6-4-5-14(23)11-16/h4-12,17H,1-3H3,(H,26,29)(H2,24,25,33)/t17-/m0/s1. The number of nitrogens with zero attached hydrogens (tertiary/aromatic N) is 2. The minimum Gasteiger partial charge on any atom is -0.467 e. The van der Waals surface area contributed by atoms with E-state index in [-0.39, 0.29) is 28.6 Å². The van der Waals surface area contributed by atoms with Crippen molar-refractivity contribution in [1.82, 2.24) is 15.5 Å². The summed E-state index contributed by atoms with van der Waals surface area (Å²) in [5, 5.41) is 12.5. The van der Waals surface area contributed by atoms with Gasteiger partial charge in [-0.05, 0) is 60.6 Å². The van der Waals surface area contributed by atoms with Gasteiger partial charge in [0.05, 0.1) is 7.11 Å². The molecule has 11 heteroatoms. The summed E-state index contributed by atoms with van der Waals surface area (Å²) in [5.41, 5.74) is 1.79. The van der Waals surface area contributed by atoms with Crippen LogP contribution in [0.5, 0.6) is 0 Å². The summed E-state index contributed by atoms with van der Waals surface area (Å²) in [6, 6.07) is 12.0. The first-order valence-electron chi connectivity index (χ1n) is 9.93. The smallest absolute Gasteiger partial charge is 0.328 e. The number of benzene rings is 2. The van der Waals surface area contributed by atoms with Crippen molar-refractivity contribution >= 4 is 40.6 Å². The van der Waals surface area contributed by atoms with Gasteiger partial charge in [-0.2, -0.15) is 4.98 Å². The summed E-state index contributed by atoms with van der Waals surface area (Å²) in [6.45, 7) is 3.55. The second-order valence-electron chi connectivity index (χ2n) is 7.31. The number of thiocarbonyl (C=S) groups is 1. The fourth-order valence-corrected chi connectivity index (χ4v) is 3.06. The molecule has 1 atom stereocenters. The van der Waals surface area contributed by atoms with Crippen molar-refractivity contribution in [3.05, 3.63) is 60.2 Å². The lowest BCUT2D eigenvalue weighted by Crippen LogP contribution is -2.45. The zero-order valence-corrected chi connectivity index (χ0v) is 18.9. The van der Waals surface area contributed by atoms with Crippen LogP contribution in [0.25, 0.3) is 11.4 Å². The maximum atomic E-state index is 13.3. The number of hydrogen-bond acceptors (Lipinski definition) is 7. The van der Waals surface area contributed by atoms with E-state index in [2.05, 4.69) is 26.1 Å². The van der Waals surface area contributed by atoms with Gasteiger partial charge in [-0.25, -0.2) is 9.18 Å². The Labute approximate surface area is 194 Å². The number of carbonyl (C=O) groups excluding carboxylic acids is 2. The molecule has 0 saturated carbocycles. The molecule has 172 valence electrons. The van der Waals surface area contributed by atoms with Gasteiger partial charge in [0, 0.05) is 16.9 Å². The van der Waals surface area contributed by atoms with Gasteiger partial charge in [0.2, 0.25) is 5.82 Å². The van der Waals surface area contributed by atoms with Gasteiger partial charge in [0.15, 0.2) is 5.11 Å². The number of halogens is 1. The molecule has 1 aromatic heterocycles. The summed E-state index contributed by atoms with van der Waals surface area (Å²) in [7, 11) is 1.25. The molecule has 2 aromatic carbocycles. The highest BCUT2D eigenvalue weighted by atomic mass is 32.1. The predicted octanol–water partition coefficient (Wildman–Crippen LogP) is 3.61. The van der Waals surface area contributed by atoms with Gasteiger partial charge >= 0.3 is 17.8 Å². The molecule has 1 heterocycles. The number of aromatic nitrogens is 2. The molecule has 9 nitrogen and oxygen atoms in total. The van der Waals surface area contributed by atoms with E-state index in [9.17, 15) is 14.0 Å². The number of amides is 1. The molecule has 3 rings (SSSR count). The number of anilines is 2. The SMILES string of the molecule is COC(=O)[C@@H](NC(=O)c1nc(-c2ccc(NC(=S)Nc3cccc(F)c3)cc2)no1)C(C)C. The van der Waals surface area contributed by atoms with Crippen molar-refractivity contribution in [3.8, 4) is 11.4 Å². The van der Waals surface area contributed by atoms with Crippen LogP contribution in [0.2, 0.25) is 0 Å². The summed E-state index contributed by atoms with van der Waals surface area (Å²) in [4.78, 5) is 28.3. The van der Waals surface area contributed by atoms with Crippen molar-refractivity contribution in [2.75, 3.05) is 17.7 Å². The quantitative estimate of drug-likeness (QED) is 0.351. The fraction of sp³-hybridized carbons (Fsp3) is 0.227. The third kappa shape index (κ3) is 6.32. The van der Waals surface area contributed by atoms with E-state index in [0.29, 0.717) is 16.9 Å². The molecule has 0 aliphatic rings. The van der Waals surface area contributed by atoms with Crippen LogP contribution in [0.1, 0.15) is 24.5 Å². The van der Waals surface area contributed by atoms with Gasteiger partial charge in [-0.3, -0.25) is 4.79 Å². The van der Waals surface area contributed by atoms with E-state index in [0.717, 1.165) is 0 Å².